The molecule has 0 amide bonds. The summed E-state index contributed by atoms with van der Waals surface area (Å²) in [5, 5.41) is 11.6. The summed E-state index contributed by atoms with van der Waals surface area (Å²) < 4.78 is 0. The van der Waals surface area contributed by atoms with Crippen molar-refractivity contribution in [2.45, 2.75) is 38.0 Å². The molecule has 0 aromatic carbocycles. The third-order valence-electron chi connectivity index (χ3n) is 2.85. The summed E-state index contributed by atoms with van der Waals surface area (Å²) in [6.45, 7) is 0.633. The van der Waals surface area contributed by atoms with Crippen molar-refractivity contribution in [3.63, 3.8) is 0 Å². The van der Waals surface area contributed by atoms with E-state index in [1.807, 2.05) is 0 Å². The van der Waals surface area contributed by atoms with Crippen LogP contribution in [0.25, 0.3) is 0 Å². The van der Waals surface area contributed by atoms with E-state index in [2.05, 4.69) is 15.3 Å². The van der Waals surface area contributed by atoms with Crippen LogP contribution in [0.1, 0.15) is 43.8 Å². The second kappa shape index (κ2) is 5.66. The van der Waals surface area contributed by atoms with Crippen molar-refractivity contribution in [3.05, 3.63) is 22.2 Å². The molecule has 1 heterocycles. The number of carboxylic acid groups (broad SMARTS) is 1. The minimum atomic E-state index is -0.777. The van der Waals surface area contributed by atoms with Crippen molar-refractivity contribution in [1.82, 2.24) is 9.97 Å². The topological polar surface area (TPSA) is 95.1 Å². The molecule has 1 aromatic rings. The van der Waals surface area contributed by atoms with E-state index in [0.717, 1.165) is 25.1 Å². The average Bonchev–Trinajstić information content (AvgIpc) is 3.11. The van der Waals surface area contributed by atoms with E-state index in [-0.39, 0.29) is 12.0 Å². The van der Waals surface area contributed by atoms with Gasteiger partial charge in [0.25, 0.3) is 5.56 Å². The summed E-state index contributed by atoms with van der Waals surface area (Å²) in [4.78, 5) is 28.8. The van der Waals surface area contributed by atoms with Crippen LogP contribution in [0, 0.1) is 0 Å². The quantitative estimate of drug-likeness (QED) is 0.635. The number of hydrogen-bond donors (Lipinski definition) is 3. The van der Waals surface area contributed by atoms with E-state index in [1.165, 1.54) is 6.07 Å². The number of aromatic amines is 1. The molecule has 6 nitrogen and oxygen atoms in total. The predicted octanol–water partition coefficient (Wildman–Crippen LogP) is 1.31. The first kappa shape index (κ1) is 12.6. The van der Waals surface area contributed by atoms with Crippen LogP contribution in [0.5, 0.6) is 0 Å². The van der Waals surface area contributed by atoms with Crippen molar-refractivity contribution >= 4 is 11.8 Å². The lowest BCUT2D eigenvalue weighted by molar-refractivity contribution is -0.137. The summed E-state index contributed by atoms with van der Waals surface area (Å²) in [6, 6.07) is 1.43. The lowest BCUT2D eigenvalue weighted by Crippen LogP contribution is -2.14. The van der Waals surface area contributed by atoms with Gasteiger partial charge in [0.1, 0.15) is 11.6 Å². The fourth-order valence-electron chi connectivity index (χ4n) is 1.73. The van der Waals surface area contributed by atoms with Gasteiger partial charge in [0, 0.05) is 24.9 Å². The molecule has 1 aliphatic carbocycles. The first-order valence-corrected chi connectivity index (χ1v) is 6.22. The van der Waals surface area contributed by atoms with E-state index in [1.54, 1.807) is 0 Å². The highest BCUT2D eigenvalue weighted by molar-refractivity contribution is 5.66. The SMILES string of the molecule is O=C(O)CCCCNc1cc(=O)[nH]c(C2CC2)n1. The number of unbranched alkanes of at least 4 members (excludes halogenated alkanes) is 1. The number of nitrogens with zero attached hydrogens (tertiary/aromatic N) is 1. The number of aromatic nitrogens is 2. The standard InChI is InChI=1S/C12H17N3O3/c16-10-7-9(13-6-2-1-3-11(17)18)14-12(15-10)8-4-5-8/h7-8H,1-6H2,(H,17,18)(H2,13,14,15,16). The van der Waals surface area contributed by atoms with Crippen LogP contribution >= 0.6 is 0 Å². The third kappa shape index (κ3) is 3.87. The molecule has 0 spiro atoms. The van der Waals surface area contributed by atoms with Gasteiger partial charge in [-0.05, 0) is 25.7 Å². The highest BCUT2D eigenvalue weighted by Gasteiger charge is 2.26. The van der Waals surface area contributed by atoms with Gasteiger partial charge in [-0.2, -0.15) is 0 Å². The molecule has 0 atom stereocenters. The molecular formula is C12H17N3O3. The summed E-state index contributed by atoms with van der Waals surface area (Å²) in [5.41, 5.74) is -0.139. The lowest BCUT2D eigenvalue weighted by atomic mass is 10.2. The van der Waals surface area contributed by atoms with E-state index < -0.39 is 5.97 Å². The number of nitrogens with one attached hydrogen (secondary N) is 2. The van der Waals surface area contributed by atoms with Crippen LogP contribution < -0.4 is 10.9 Å². The average molecular weight is 251 g/mol. The lowest BCUT2D eigenvalue weighted by Gasteiger charge is -2.06. The predicted molar refractivity (Wildman–Crippen MR) is 66.8 cm³/mol. The Kier molecular flexibility index (Phi) is 3.96. The van der Waals surface area contributed by atoms with Gasteiger partial charge in [-0.3, -0.25) is 9.59 Å². The number of H-pyrrole nitrogens is 1. The normalized spacial score (nSPS) is 14.4. The minimum Gasteiger partial charge on any atom is -0.481 e. The molecule has 1 aliphatic rings. The Morgan fingerprint density at radius 3 is 2.94 bits per heavy atom. The number of rotatable bonds is 7. The number of hydrogen-bond acceptors (Lipinski definition) is 4. The largest absolute Gasteiger partial charge is 0.481 e. The number of carbonyl (C=O) groups is 1. The minimum absolute atomic E-state index is 0.139. The number of anilines is 1. The van der Waals surface area contributed by atoms with E-state index >= 15 is 0 Å². The first-order valence-electron chi connectivity index (χ1n) is 6.22. The molecule has 3 N–H and O–H groups in total. The van der Waals surface area contributed by atoms with Gasteiger partial charge in [0.2, 0.25) is 0 Å². The molecule has 0 aliphatic heterocycles. The van der Waals surface area contributed by atoms with Crippen molar-refractivity contribution in [2.24, 2.45) is 0 Å². The molecule has 6 heteroatoms. The van der Waals surface area contributed by atoms with E-state index in [4.69, 9.17) is 5.11 Å². The Labute approximate surface area is 104 Å². The summed E-state index contributed by atoms with van der Waals surface area (Å²) in [7, 11) is 0. The smallest absolute Gasteiger partial charge is 0.303 e. The Hall–Kier alpha value is -1.85. The Bertz CT molecular complexity index is 480. The van der Waals surface area contributed by atoms with Gasteiger partial charge in [0.15, 0.2) is 0 Å². The molecule has 0 bridgehead atoms. The molecule has 1 saturated carbocycles. The molecular weight excluding hydrogens is 234 g/mol. The highest BCUT2D eigenvalue weighted by Crippen LogP contribution is 2.37. The summed E-state index contributed by atoms with van der Waals surface area (Å²) >= 11 is 0. The molecule has 98 valence electrons. The van der Waals surface area contributed by atoms with Crippen LogP contribution in [-0.4, -0.2) is 27.6 Å². The maximum atomic E-state index is 11.4. The van der Waals surface area contributed by atoms with Crippen molar-refractivity contribution in [2.75, 3.05) is 11.9 Å². The maximum absolute atomic E-state index is 11.4. The van der Waals surface area contributed by atoms with Gasteiger partial charge >= 0.3 is 5.97 Å². The zero-order valence-corrected chi connectivity index (χ0v) is 10.1. The fourth-order valence-corrected chi connectivity index (χ4v) is 1.73. The van der Waals surface area contributed by atoms with Crippen LogP contribution in [0.4, 0.5) is 5.82 Å². The molecule has 0 radical (unpaired) electrons. The molecule has 18 heavy (non-hydrogen) atoms. The zero-order valence-electron chi connectivity index (χ0n) is 10.1. The van der Waals surface area contributed by atoms with Crippen LogP contribution in [0.3, 0.4) is 0 Å². The maximum Gasteiger partial charge on any atom is 0.303 e. The van der Waals surface area contributed by atoms with Crippen LogP contribution in [0.2, 0.25) is 0 Å². The van der Waals surface area contributed by atoms with Gasteiger partial charge < -0.3 is 15.4 Å². The van der Waals surface area contributed by atoms with E-state index in [9.17, 15) is 9.59 Å². The second-order valence-electron chi connectivity index (χ2n) is 4.57. The highest BCUT2D eigenvalue weighted by atomic mass is 16.4. The van der Waals surface area contributed by atoms with Gasteiger partial charge in [-0.1, -0.05) is 0 Å². The van der Waals surface area contributed by atoms with Crippen molar-refractivity contribution in [1.29, 1.82) is 0 Å². The monoisotopic (exact) mass is 251 g/mol. The fraction of sp³-hybridized carbons (Fsp3) is 0.583. The zero-order chi connectivity index (χ0) is 13.0. The van der Waals surface area contributed by atoms with E-state index in [0.29, 0.717) is 24.7 Å². The Morgan fingerprint density at radius 1 is 1.50 bits per heavy atom. The molecule has 0 saturated heterocycles. The second-order valence-corrected chi connectivity index (χ2v) is 4.57. The van der Waals surface area contributed by atoms with Gasteiger partial charge in [-0.15, -0.1) is 0 Å². The van der Waals surface area contributed by atoms with Gasteiger partial charge in [0.05, 0.1) is 0 Å². The molecule has 1 fully saturated rings. The molecule has 0 unspecified atom stereocenters. The van der Waals surface area contributed by atoms with Crippen LogP contribution in [-0.2, 0) is 4.79 Å². The van der Waals surface area contributed by atoms with Crippen LogP contribution in [0.15, 0.2) is 10.9 Å². The summed E-state index contributed by atoms with van der Waals surface area (Å²) in [6.07, 6.45) is 3.73. The number of carboxylic acids is 1. The van der Waals surface area contributed by atoms with Gasteiger partial charge in [-0.25, -0.2) is 4.98 Å². The first-order chi connectivity index (χ1) is 8.65. The van der Waals surface area contributed by atoms with Crippen molar-refractivity contribution < 1.29 is 9.90 Å². The third-order valence-corrected chi connectivity index (χ3v) is 2.85. The molecule has 1 aromatic heterocycles. The Morgan fingerprint density at radius 2 is 2.28 bits per heavy atom. The summed E-state index contributed by atoms with van der Waals surface area (Å²) in [5.74, 6) is 0.971. The Balaban J connectivity index is 1.81. The molecule has 2 rings (SSSR count). The number of aliphatic carboxylic acids is 1. The van der Waals surface area contributed by atoms with Crippen molar-refractivity contribution in [3.8, 4) is 0 Å².